The minimum Gasteiger partial charge on any atom is -0.381 e. The van der Waals surface area contributed by atoms with Crippen molar-refractivity contribution in [3.05, 3.63) is 0 Å². The number of amides is 1. The second-order valence-corrected chi connectivity index (χ2v) is 7.20. The molecule has 0 bridgehead atoms. The molecule has 0 spiro atoms. The van der Waals surface area contributed by atoms with E-state index in [0.29, 0.717) is 19.8 Å². The molecule has 0 radical (unpaired) electrons. The molecule has 2 aliphatic rings. The maximum Gasteiger partial charge on any atom is 0.228 e. The van der Waals surface area contributed by atoms with Gasteiger partial charge in [-0.3, -0.25) is 4.79 Å². The highest BCUT2D eigenvalue weighted by Gasteiger charge is 2.33. The lowest BCUT2D eigenvalue weighted by atomic mass is 9.99. The van der Waals surface area contributed by atoms with Crippen LogP contribution in [0, 0.1) is 5.92 Å². The third kappa shape index (κ3) is 4.15. The van der Waals surface area contributed by atoms with Gasteiger partial charge in [0, 0.05) is 25.7 Å². The van der Waals surface area contributed by atoms with Crippen molar-refractivity contribution in [2.24, 2.45) is 5.92 Å². The van der Waals surface area contributed by atoms with Crippen LogP contribution in [0.3, 0.4) is 0 Å². The zero-order valence-corrected chi connectivity index (χ0v) is 12.1. The van der Waals surface area contributed by atoms with E-state index in [-0.39, 0.29) is 17.9 Å². The lowest BCUT2D eigenvalue weighted by Gasteiger charge is -2.37. The average molecular weight is 290 g/mol. The first-order valence-electron chi connectivity index (χ1n) is 6.80. The van der Waals surface area contributed by atoms with Crippen molar-refractivity contribution < 1.29 is 17.9 Å². The fourth-order valence-electron chi connectivity index (χ4n) is 2.71. The number of nitrogens with zero attached hydrogens (tertiary/aromatic N) is 1. The molecule has 1 N–H and O–H groups in total. The van der Waals surface area contributed by atoms with Crippen molar-refractivity contribution in [2.45, 2.75) is 31.7 Å². The lowest BCUT2D eigenvalue weighted by molar-refractivity contribution is -0.139. The number of hydrogen-bond donors (Lipinski definition) is 1. The zero-order chi connectivity index (χ0) is 13.9. The van der Waals surface area contributed by atoms with Gasteiger partial charge in [-0.05, 0) is 25.7 Å². The van der Waals surface area contributed by atoms with Crippen molar-refractivity contribution in [2.75, 3.05) is 32.6 Å². The molecule has 7 heteroatoms. The summed E-state index contributed by atoms with van der Waals surface area (Å²) in [4.78, 5) is 14.3. The molecule has 2 saturated heterocycles. The van der Waals surface area contributed by atoms with Crippen LogP contribution < -0.4 is 4.72 Å². The van der Waals surface area contributed by atoms with Crippen LogP contribution >= 0.6 is 0 Å². The van der Waals surface area contributed by atoms with Gasteiger partial charge in [0.25, 0.3) is 0 Å². The highest BCUT2D eigenvalue weighted by molar-refractivity contribution is 7.88. The Balaban J connectivity index is 1.96. The van der Waals surface area contributed by atoms with Gasteiger partial charge < -0.3 is 9.64 Å². The number of rotatable bonds is 4. The largest absolute Gasteiger partial charge is 0.381 e. The van der Waals surface area contributed by atoms with Crippen LogP contribution in [0.15, 0.2) is 0 Å². The fourth-order valence-corrected chi connectivity index (χ4v) is 3.21. The average Bonchev–Trinajstić information content (AvgIpc) is 2.89. The van der Waals surface area contributed by atoms with Crippen LogP contribution in [0.2, 0.25) is 0 Å². The Morgan fingerprint density at radius 3 is 2.79 bits per heavy atom. The number of hydrogen-bond acceptors (Lipinski definition) is 4. The highest BCUT2D eigenvalue weighted by Crippen LogP contribution is 2.22. The first kappa shape index (κ1) is 14.7. The van der Waals surface area contributed by atoms with Crippen LogP contribution in [-0.2, 0) is 19.6 Å². The molecule has 0 aromatic heterocycles. The molecule has 6 nitrogen and oxygen atoms in total. The summed E-state index contributed by atoms with van der Waals surface area (Å²) in [6.07, 6.45) is 4.83. The van der Waals surface area contributed by atoms with E-state index in [1.165, 1.54) is 0 Å². The molecule has 110 valence electrons. The Bertz CT molecular complexity index is 417. The fraction of sp³-hybridized carbons (Fsp3) is 0.917. The van der Waals surface area contributed by atoms with Crippen LogP contribution in [0.4, 0.5) is 0 Å². The smallest absolute Gasteiger partial charge is 0.228 e. The Morgan fingerprint density at radius 2 is 2.16 bits per heavy atom. The summed E-state index contributed by atoms with van der Waals surface area (Å²) in [5.74, 6) is 0.0799. The van der Waals surface area contributed by atoms with Crippen LogP contribution in [-0.4, -0.2) is 57.8 Å². The topological polar surface area (TPSA) is 75.7 Å². The van der Waals surface area contributed by atoms with Gasteiger partial charge in [-0.25, -0.2) is 13.1 Å². The van der Waals surface area contributed by atoms with E-state index in [1.807, 2.05) is 4.90 Å². The molecule has 0 aromatic rings. The maximum atomic E-state index is 12.4. The lowest BCUT2D eigenvalue weighted by Crippen LogP contribution is -2.51. The molecule has 1 amide bonds. The number of carbonyl (C=O) groups excluding carboxylic acids is 1. The highest BCUT2D eigenvalue weighted by atomic mass is 32.2. The van der Waals surface area contributed by atoms with Gasteiger partial charge in [-0.2, -0.15) is 0 Å². The summed E-state index contributed by atoms with van der Waals surface area (Å²) in [5, 5.41) is 0. The molecule has 0 aliphatic carbocycles. The van der Waals surface area contributed by atoms with Crippen molar-refractivity contribution >= 4 is 15.9 Å². The van der Waals surface area contributed by atoms with E-state index in [9.17, 15) is 13.2 Å². The maximum absolute atomic E-state index is 12.4. The summed E-state index contributed by atoms with van der Waals surface area (Å²) >= 11 is 0. The quantitative estimate of drug-likeness (QED) is 0.788. The molecule has 2 heterocycles. The van der Waals surface area contributed by atoms with Crippen molar-refractivity contribution in [1.82, 2.24) is 9.62 Å². The van der Waals surface area contributed by atoms with Gasteiger partial charge >= 0.3 is 0 Å². The van der Waals surface area contributed by atoms with Crippen LogP contribution in [0.25, 0.3) is 0 Å². The van der Waals surface area contributed by atoms with Gasteiger partial charge in [0.05, 0.1) is 18.8 Å². The zero-order valence-electron chi connectivity index (χ0n) is 11.3. The van der Waals surface area contributed by atoms with E-state index < -0.39 is 10.0 Å². The molecule has 2 rings (SSSR count). The Hall–Kier alpha value is -0.660. The van der Waals surface area contributed by atoms with Gasteiger partial charge in [0.2, 0.25) is 15.9 Å². The van der Waals surface area contributed by atoms with E-state index in [2.05, 4.69) is 4.72 Å². The van der Waals surface area contributed by atoms with Crippen LogP contribution in [0.5, 0.6) is 0 Å². The first-order valence-corrected chi connectivity index (χ1v) is 8.69. The summed E-state index contributed by atoms with van der Waals surface area (Å²) in [5.41, 5.74) is 0. The molecule has 2 atom stereocenters. The van der Waals surface area contributed by atoms with E-state index >= 15 is 0 Å². The minimum absolute atomic E-state index is 0.0171. The van der Waals surface area contributed by atoms with Crippen molar-refractivity contribution in [1.29, 1.82) is 0 Å². The SMILES string of the molecule is CS(=O)(=O)NCC1CCCCN1C(=O)C1CCOC1. The van der Waals surface area contributed by atoms with Gasteiger partial charge in [0.15, 0.2) is 0 Å². The third-order valence-corrected chi connectivity index (χ3v) is 4.46. The molecular formula is C12H22N2O4S. The predicted molar refractivity (Wildman–Crippen MR) is 71.1 cm³/mol. The monoisotopic (exact) mass is 290 g/mol. The molecule has 0 saturated carbocycles. The minimum atomic E-state index is -3.20. The Labute approximate surface area is 114 Å². The Kier molecular flexibility index (Phi) is 4.81. The van der Waals surface area contributed by atoms with E-state index in [4.69, 9.17) is 4.74 Å². The molecule has 2 aliphatic heterocycles. The summed E-state index contributed by atoms with van der Waals surface area (Å²) in [7, 11) is -3.20. The number of ether oxygens (including phenoxy) is 1. The summed E-state index contributed by atoms with van der Waals surface area (Å²) in [6, 6.07) is -0.0171. The van der Waals surface area contributed by atoms with Crippen molar-refractivity contribution in [3.8, 4) is 0 Å². The van der Waals surface area contributed by atoms with Crippen LogP contribution in [0.1, 0.15) is 25.7 Å². The molecular weight excluding hydrogens is 268 g/mol. The number of piperidine rings is 1. The number of carbonyl (C=O) groups is 1. The standard InChI is InChI=1S/C12H22N2O4S/c1-19(16,17)13-8-11-4-2-3-6-14(11)12(15)10-5-7-18-9-10/h10-11,13H,2-9H2,1H3. The summed E-state index contributed by atoms with van der Waals surface area (Å²) in [6.45, 7) is 2.20. The van der Waals surface area contributed by atoms with E-state index in [0.717, 1.165) is 38.5 Å². The molecule has 19 heavy (non-hydrogen) atoms. The molecule has 2 fully saturated rings. The number of likely N-dealkylation sites (tertiary alicyclic amines) is 1. The number of nitrogens with one attached hydrogen (secondary N) is 1. The van der Waals surface area contributed by atoms with Gasteiger partial charge in [-0.15, -0.1) is 0 Å². The number of sulfonamides is 1. The molecule has 0 aromatic carbocycles. The first-order chi connectivity index (χ1) is 8.97. The molecule has 2 unspecified atom stereocenters. The second kappa shape index (κ2) is 6.19. The normalized spacial score (nSPS) is 28.6. The predicted octanol–water partition coefficient (Wildman–Crippen LogP) is -0.0468. The summed E-state index contributed by atoms with van der Waals surface area (Å²) < 4.78 is 30.1. The second-order valence-electron chi connectivity index (χ2n) is 5.36. The van der Waals surface area contributed by atoms with Crippen molar-refractivity contribution in [3.63, 3.8) is 0 Å². The Morgan fingerprint density at radius 1 is 1.37 bits per heavy atom. The van der Waals surface area contributed by atoms with E-state index in [1.54, 1.807) is 0 Å². The van der Waals surface area contributed by atoms with Gasteiger partial charge in [0.1, 0.15) is 0 Å². The third-order valence-electron chi connectivity index (χ3n) is 3.77. The van der Waals surface area contributed by atoms with Gasteiger partial charge in [-0.1, -0.05) is 0 Å².